The average molecular weight is 448 g/mol. The first-order valence-corrected chi connectivity index (χ1v) is 10.7. The molecule has 3 rings (SSSR count). The lowest BCUT2D eigenvalue weighted by Crippen LogP contribution is -2.30. The van der Waals surface area contributed by atoms with Crippen LogP contribution in [0.4, 0.5) is 10.1 Å². The van der Waals surface area contributed by atoms with Gasteiger partial charge in [-0.3, -0.25) is 4.79 Å². The molecule has 2 aromatic carbocycles. The number of methoxy groups -OCH3 is 1. The van der Waals surface area contributed by atoms with Gasteiger partial charge >= 0.3 is 0 Å². The van der Waals surface area contributed by atoms with E-state index < -0.39 is 21.7 Å². The molecule has 2 N–H and O–H groups in total. The number of benzene rings is 2. The van der Waals surface area contributed by atoms with Crippen LogP contribution in [0.15, 0.2) is 41.3 Å². The number of hydrogen-bond donors (Lipinski definition) is 2. The number of sulfonamides is 1. The van der Waals surface area contributed by atoms with Crippen molar-refractivity contribution in [2.45, 2.75) is 31.7 Å². The molecule has 10 nitrogen and oxygen atoms in total. The van der Waals surface area contributed by atoms with Gasteiger partial charge in [0, 0.05) is 17.3 Å². The summed E-state index contributed by atoms with van der Waals surface area (Å²) in [6.45, 7) is 4.97. The van der Waals surface area contributed by atoms with Gasteiger partial charge in [0.2, 0.25) is 10.0 Å². The van der Waals surface area contributed by atoms with Gasteiger partial charge in [-0.1, -0.05) is 0 Å². The number of halogens is 1. The second-order valence-corrected chi connectivity index (χ2v) is 8.58. The van der Waals surface area contributed by atoms with Crippen LogP contribution < -0.4 is 14.8 Å². The summed E-state index contributed by atoms with van der Waals surface area (Å²) >= 11 is 0. The molecule has 0 saturated heterocycles. The maximum absolute atomic E-state index is 14.2. The molecule has 0 aliphatic rings. The number of amides is 1. The van der Waals surface area contributed by atoms with Crippen LogP contribution in [-0.2, 0) is 10.0 Å². The van der Waals surface area contributed by atoms with E-state index >= 15 is 0 Å². The molecule has 0 unspecified atom stereocenters. The van der Waals surface area contributed by atoms with Crippen LogP contribution in [-0.4, -0.2) is 47.7 Å². The summed E-state index contributed by atoms with van der Waals surface area (Å²) in [5.41, 5.74) is 0.408. The molecule has 1 amide bonds. The highest BCUT2D eigenvalue weighted by molar-refractivity contribution is 7.89. The number of rotatable bonds is 7. The van der Waals surface area contributed by atoms with Gasteiger partial charge in [0.05, 0.1) is 7.11 Å². The summed E-state index contributed by atoms with van der Waals surface area (Å²) in [5, 5.41) is 13.5. The monoisotopic (exact) mass is 448 g/mol. The molecule has 0 radical (unpaired) electrons. The Morgan fingerprint density at radius 1 is 1.19 bits per heavy atom. The molecule has 0 bridgehead atoms. The lowest BCUT2D eigenvalue weighted by Gasteiger charge is -2.14. The lowest BCUT2D eigenvalue weighted by molar-refractivity contribution is 0.102. The molecule has 0 atom stereocenters. The van der Waals surface area contributed by atoms with Crippen molar-refractivity contribution in [3.63, 3.8) is 0 Å². The van der Waals surface area contributed by atoms with Crippen molar-refractivity contribution in [1.82, 2.24) is 24.9 Å². The van der Waals surface area contributed by atoms with E-state index in [2.05, 4.69) is 25.6 Å². The Morgan fingerprint density at radius 2 is 1.94 bits per heavy atom. The molecule has 1 heterocycles. The quantitative estimate of drug-likeness (QED) is 0.566. The minimum atomic E-state index is -3.91. The van der Waals surface area contributed by atoms with Crippen molar-refractivity contribution in [2.24, 2.45) is 0 Å². The predicted molar refractivity (Wildman–Crippen MR) is 110 cm³/mol. The van der Waals surface area contributed by atoms with E-state index in [-0.39, 0.29) is 33.6 Å². The highest BCUT2D eigenvalue weighted by Gasteiger charge is 2.23. The van der Waals surface area contributed by atoms with Crippen molar-refractivity contribution >= 4 is 21.6 Å². The van der Waals surface area contributed by atoms with Gasteiger partial charge in [-0.2, -0.15) is 4.68 Å². The van der Waals surface area contributed by atoms with E-state index in [0.717, 1.165) is 0 Å². The molecule has 1 aromatic heterocycles. The zero-order chi connectivity index (χ0) is 22.8. The Bertz CT molecular complexity index is 1230. The summed E-state index contributed by atoms with van der Waals surface area (Å²) in [5.74, 6) is -0.700. The fourth-order valence-electron chi connectivity index (χ4n) is 2.81. The molecular weight excluding hydrogens is 427 g/mol. The summed E-state index contributed by atoms with van der Waals surface area (Å²) in [6, 6.07) is 7.61. The molecule has 0 fully saturated rings. The van der Waals surface area contributed by atoms with Crippen molar-refractivity contribution in [2.75, 3.05) is 12.4 Å². The number of carbonyl (C=O) groups excluding carboxylic acids is 1. The van der Waals surface area contributed by atoms with Gasteiger partial charge in [0.1, 0.15) is 22.1 Å². The summed E-state index contributed by atoms with van der Waals surface area (Å²) in [4.78, 5) is 12.6. The van der Waals surface area contributed by atoms with Gasteiger partial charge in [-0.05, 0) is 67.6 Å². The van der Waals surface area contributed by atoms with Crippen LogP contribution in [0.25, 0.3) is 5.69 Å². The topological polar surface area (TPSA) is 128 Å². The molecule has 12 heteroatoms. The molecule has 3 aromatic rings. The standard InChI is InChI=1S/C19H21FN6O4S/c1-11(2)23-31(28,29)18-9-13(5-8-17(18)30-4)19(27)21-14-6-7-15(20)16(10-14)26-12(3)22-24-25-26/h5-11,23H,1-4H3,(H,21,27). The van der Waals surface area contributed by atoms with Crippen molar-refractivity contribution in [1.29, 1.82) is 0 Å². The Labute approximate surface area is 178 Å². The van der Waals surface area contributed by atoms with Crippen molar-refractivity contribution in [3.05, 3.63) is 53.6 Å². The van der Waals surface area contributed by atoms with Crippen LogP contribution in [0.2, 0.25) is 0 Å². The van der Waals surface area contributed by atoms with E-state index in [1.807, 2.05) is 0 Å². The third-order valence-corrected chi connectivity index (χ3v) is 5.84. The fourth-order valence-corrected chi connectivity index (χ4v) is 4.26. The Kier molecular flexibility index (Phi) is 6.32. The van der Waals surface area contributed by atoms with Gasteiger partial charge in [-0.25, -0.2) is 17.5 Å². The third kappa shape index (κ3) is 4.86. The van der Waals surface area contributed by atoms with E-state index in [0.29, 0.717) is 5.82 Å². The molecule has 0 aliphatic carbocycles. The second-order valence-electron chi connectivity index (χ2n) is 6.90. The van der Waals surface area contributed by atoms with Crippen LogP contribution >= 0.6 is 0 Å². The number of nitrogens with one attached hydrogen (secondary N) is 2. The van der Waals surface area contributed by atoms with Crippen LogP contribution in [0.3, 0.4) is 0 Å². The van der Waals surface area contributed by atoms with Crippen LogP contribution in [0, 0.1) is 12.7 Å². The first kappa shape index (κ1) is 22.3. The summed E-state index contributed by atoms with van der Waals surface area (Å²) < 4.78 is 48.2. The number of nitrogens with zero attached hydrogens (tertiary/aromatic N) is 4. The average Bonchev–Trinajstić information content (AvgIpc) is 3.13. The maximum Gasteiger partial charge on any atom is 0.255 e. The Balaban J connectivity index is 1.93. The molecule has 164 valence electrons. The second kappa shape index (κ2) is 8.78. The van der Waals surface area contributed by atoms with Crippen molar-refractivity contribution in [3.8, 4) is 11.4 Å². The normalized spacial score (nSPS) is 11.5. The summed E-state index contributed by atoms with van der Waals surface area (Å²) in [7, 11) is -2.57. The van der Waals surface area contributed by atoms with E-state index in [9.17, 15) is 17.6 Å². The number of ether oxygens (including phenoxy) is 1. The molecule has 0 saturated carbocycles. The number of aryl methyl sites for hydroxylation is 1. The van der Waals surface area contributed by atoms with E-state index in [4.69, 9.17) is 4.74 Å². The lowest BCUT2D eigenvalue weighted by atomic mass is 10.2. The molecule has 0 aliphatic heterocycles. The maximum atomic E-state index is 14.2. The van der Waals surface area contributed by atoms with Crippen LogP contribution in [0.1, 0.15) is 30.0 Å². The first-order valence-electron chi connectivity index (χ1n) is 9.19. The number of tetrazole rings is 1. The fraction of sp³-hybridized carbons (Fsp3) is 0.263. The summed E-state index contributed by atoms with van der Waals surface area (Å²) in [6.07, 6.45) is 0. The highest BCUT2D eigenvalue weighted by atomic mass is 32.2. The third-order valence-electron chi connectivity index (χ3n) is 4.16. The Morgan fingerprint density at radius 3 is 2.55 bits per heavy atom. The molecular formula is C19H21FN6O4S. The predicted octanol–water partition coefficient (Wildman–Crippen LogP) is 2.06. The van der Waals surface area contributed by atoms with E-state index in [1.165, 1.54) is 48.2 Å². The van der Waals surface area contributed by atoms with Gasteiger partial charge < -0.3 is 10.1 Å². The number of hydrogen-bond acceptors (Lipinski definition) is 7. The zero-order valence-electron chi connectivity index (χ0n) is 17.2. The molecule has 0 spiro atoms. The SMILES string of the molecule is COc1ccc(C(=O)Nc2ccc(F)c(-n3nnnc3C)c2)cc1S(=O)(=O)NC(C)C. The van der Waals surface area contributed by atoms with Gasteiger partial charge in [0.15, 0.2) is 5.82 Å². The minimum Gasteiger partial charge on any atom is -0.495 e. The van der Waals surface area contributed by atoms with Crippen molar-refractivity contribution < 1.29 is 22.3 Å². The van der Waals surface area contributed by atoms with Gasteiger partial charge in [-0.15, -0.1) is 5.10 Å². The first-order chi connectivity index (χ1) is 14.6. The largest absolute Gasteiger partial charge is 0.495 e. The zero-order valence-corrected chi connectivity index (χ0v) is 18.1. The van der Waals surface area contributed by atoms with Gasteiger partial charge in [0.25, 0.3) is 5.91 Å². The smallest absolute Gasteiger partial charge is 0.255 e. The van der Waals surface area contributed by atoms with Crippen LogP contribution in [0.5, 0.6) is 5.75 Å². The Hall–Kier alpha value is -3.38. The molecule has 31 heavy (non-hydrogen) atoms. The number of carbonyl (C=O) groups is 1. The number of anilines is 1. The van der Waals surface area contributed by atoms with E-state index in [1.54, 1.807) is 20.8 Å². The minimum absolute atomic E-state index is 0.0550. The number of aromatic nitrogens is 4. The highest BCUT2D eigenvalue weighted by Crippen LogP contribution is 2.26.